The molecule has 1 atom stereocenters. The summed E-state index contributed by atoms with van der Waals surface area (Å²) < 4.78 is 5.12. The van der Waals surface area contributed by atoms with Crippen LogP contribution in [0, 0.1) is 18.3 Å². The second-order valence-corrected chi connectivity index (χ2v) is 4.30. The van der Waals surface area contributed by atoms with Gasteiger partial charge in [0.05, 0.1) is 17.8 Å². The molecule has 0 aliphatic carbocycles. The van der Waals surface area contributed by atoms with Gasteiger partial charge in [-0.25, -0.2) is 0 Å². The van der Waals surface area contributed by atoms with Crippen LogP contribution in [0.3, 0.4) is 0 Å². The molecule has 1 fully saturated rings. The van der Waals surface area contributed by atoms with Crippen molar-refractivity contribution in [3.8, 4) is 18.1 Å². The van der Waals surface area contributed by atoms with Crippen LogP contribution in [0.4, 0.5) is 5.69 Å². The number of methoxy groups -OCH3 is 1. The highest BCUT2D eigenvalue weighted by Crippen LogP contribution is 2.33. The molecule has 0 saturated carbocycles. The van der Waals surface area contributed by atoms with Crippen molar-refractivity contribution in [3.05, 3.63) is 23.2 Å². The van der Waals surface area contributed by atoms with Gasteiger partial charge >= 0.3 is 0 Å². The Morgan fingerprint density at radius 1 is 1.59 bits per heavy atom. The molecule has 1 aliphatic heterocycles. The first-order valence-corrected chi connectivity index (χ1v) is 5.63. The standard InChI is InChI=1S/C13H12ClNO2/c1-3-9-6-13(16)15(8-9)12-7-10(17-2)4-5-11(12)14/h1,4-5,7,9H,6,8H2,2H3. The van der Waals surface area contributed by atoms with Crippen LogP contribution in [0.2, 0.25) is 5.02 Å². The van der Waals surface area contributed by atoms with Gasteiger partial charge in [-0.3, -0.25) is 4.79 Å². The second-order valence-electron chi connectivity index (χ2n) is 3.89. The van der Waals surface area contributed by atoms with Gasteiger partial charge in [-0.05, 0) is 12.1 Å². The van der Waals surface area contributed by atoms with Crippen molar-refractivity contribution in [2.24, 2.45) is 5.92 Å². The van der Waals surface area contributed by atoms with Gasteiger partial charge in [0.15, 0.2) is 0 Å². The Balaban J connectivity index is 2.34. The van der Waals surface area contributed by atoms with Crippen molar-refractivity contribution >= 4 is 23.2 Å². The Morgan fingerprint density at radius 2 is 2.35 bits per heavy atom. The second kappa shape index (κ2) is 4.68. The lowest BCUT2D eigenvalue weighted by molar-refractivity contribution is -0.117. The van der Waals surface area contributed by atoms with Crippen molar-refractivity contribution < 1.29 is 9.53 Å². The van der Waals surface area contributed by atoms with Crippen LogP contribution < -0.4 is 9.64 Å². The maximum atomic E-state index is 11.8. The van der Waals surface area contributed by atoms with Gasteiger partial charge in [-0.15, -0.1) is 12.3 Å². The largest absolute Gasteiger partial charge is 0.497 e. The SMILES string of the molecule is C#CC1CC(=O)N(c2cc(OC)ccc2Cl)C1. The summed E-state index contributed by atoms with van der Waals surface area (Å²) in [6.45, 7) is 0.516. The van der Waals surface area contributed by atoms with Crippen LogP contribution in [0.15, 0.2) is 18.2 Å². The van der Waals surface area contributed by atoms with Gasteiger partial charge in [0.2, 0.25) is 5.91 Å². The molecule has 1 aliphatic rings. The van der Waals surface area contributed by atoms with E-state index in [2.05, 4.69) is 5.92 Å². The molecule has 1 heterocycles. The number of rotatable bonds is 2. The number of anilines is 1. The molecule has 88 valence electrons. The van der Waals surface area contributed by atoms with Crippen LogP contribution >= 0.6 is 11.6 Å². The fourth-order valence-corrected chi connectivity index (χ4v) is 2.10. The summed E-state index contributed by atoms with van der Waals surface area (Å²) in [6, 6.07) is 5.22. The van der Waals surface area contributed by atoms with E-state index in [-0.39, 0.29) is 11.8 Å². The Morgan fingerprint density at radius 3 is 2.94 bits per heavy atom. The highest BCUT2D eigenvalue weighted by atomic mass is 35.5. The highest BCUT2D eigenvalue weighted by Gasteiger charge is 2.30. The lowest BCUT2D eigenvalue weighted by Crippen LogP contribution is -2.24. The topological polar surface area (TPSA) is 29.5 Å². The third kappa shape index (κ3) is 2.22. The lowest BCUT2D eigenvalue weighted by atomic mass is 10.1. The van der Waals surface area contributed by atoms with Gasteiger partial charge in [0.25, 0.3) is 0 Å². The summed E-state index contributed by atoms with van der Waals surface area (Å²) in [5.41, 5.74) is 0.661. The molecule has 17 heavy (non-hydrogen) atoms. The van der Waals surface area contributed by atoms with Gasteiger partial charge in [0, 0.05) is 24.9 Å². The van der Waals surface area contributed by atoms with Gasteiger partial charge in [-0.2, -0.15) is 0 Å². The third-order valence-corrected chi connectivity index (χ3v) is 3.12. The van der Waals surface area contributed by atoms with Crippen LogP contribution in [0.25, 0.3) is 0 Å². The minimum atomic E-state index is -0.0373. The molecule has 3 nitrogen and oxygen atoms in total. The summed E-state index contributed by atoms with van der Waals surface area (Å²) in [6.07, 6.45) is 5.72. The summed E-state index contributed by atoms with van der Waals surface area (Å²) in [4.78, 5) is 13.4. The number of carbonyl (C=O) groups excluding carboxylic acids is 1. The Hall–Kier alpha value is -1.66. The van der Waals surface area contributed by atoms with Crippen molar-refractivity contribution in [3.63, 3.8) is 0 Å². The van der Waals surface area contributed by atoms with Crippen LogP contribution in [-0.2, 0) is 4.79 Å². The molecule has 0 aromatic heterocycles. The van der Waals surface area contributed by atoms with Crippen molar-refractivity contribution in [1.82, 2.24) is 0 Å². The smallest absolute Gasteiger partial charge is 0.228 e. The van der Waals surface area contributed by atoms with E-state index >= 15 is 0 Å². The molecule has 1 saturated heterocycles. The Kier molecular flexibility index (Phi) is 3.26. The molecule has 0 N–H and O–H groups in total. The van der Waals surface area contributed by atoms with E-state index in [1.165, 1.54) is 0 Å². The fourth-order valence-electron chi connectivity index (χ4n) is 1.88. The van der Waals surface area contributed by atoms with Crippen molar-refractivity contribution in [1.29, 1.82) is 0 Å². The first-order chi connectivity index (χ1) is 8.15. The number of halogens is 1. The zero-order chi connectivity index (χ0) is 12.4. The molecule has 0 spiro atoms. The average molecular weight is 250 g/mol. The first kappa shape index (κ1) is 11.8. The van der Waals surface area contributed by atoms with Crippen LogP contribution in [0.1, 0.15) is 6.42 Å². The number of ether oxygens (including phenoxy) is 1. The summed E-state index contributed by atoms with van der Waals surface area (Å²) in [5.74, 6) is 3.24. The number of amides is 1. The third-order valence-electron chi connectivity index (χ3n) is 2.80. The van der Waals surface area contributed by atoms with Crippen LogP contribution in [0.5, 0.6) is 5.75 Å². The molecular weight excluding hydrogens is 238 g/mol. The number of terminal acetylenes is 1. The molecule has 1 aromatic carbocycles. The predicted molar refractivity (Wildman–Crippen MR) is 67.3 cm³/mol. The summed E-state index contributed by atoms with van der Waals surface area (Å²) >= 11 is 6.09. The maximum Gasteiger partial charge on any atom is 0.228 e. The van der Waals surface area contributed by atoms with Gasteiger partial charge < -0.3 is 9.64 Å². The zero-order valence-electron chi connectivity index (χ0n) is 9.44. The molecule has 2 rings (SSSR count). The molecular formula is C13H12ClNO2. The Bertz CT molecular complexity index is 493. The molecule has 1 aromatic rings. The average Bonchev–Trinajstić information content (AvgIpc) is 2.71. The number of hydrogen-bond donors (Lipinski definition) is 0. The quantitative estimate of drug-likeness (QED) is 0.753. The zero-order valence-corrected chi connectivity index (χ0v) is 10.2. The minimum Gasteiger partial charge on any atom is -0.497 e. The van der Waals surface area contributed by atoms with E-state index in [9.17, 15) is 4.79 Å². The monoisotopic (exact) mass is 249 g/mol. The molecule has 1 amide bonds. The minimum absolute atomic E-state index is 0.00287. The van der Waals surface area contributed by atoms with Gasteiger partial charge in [-0.1, -0.05) is 11.6 Å². The van der Waals surface area contributed by atoms with Crippen LogP contribution in [-0.4, -0.2) is 19.6 Å². The van der Waals surface area contributed by atoms with E-state index in [1.54, 1.807) is 30.2 Å². The first-order valence-electron chi connectivity index (χ1n) is 5.25. The Labute approximate surface area is 105 Å². The lowest BCUT2D eigenvalue weighted by Gasteiger charge is -2.18. The predicted octanol–water partition coefficient (Wildman–Crippen LogP) is 2.33. The fraction of sp³-hybridized carbons (Fsp3) is 0.308. The summed E-state index contributed by atoms with van der Waals surface area (Å²) in [5, 5.41) is 0.525. The highest BCUT2D eigenvalue weighted by molar-refractivity contribution is 6.34. The number of carbonyl (C=O) groups is 1. The van der Waals surface area contributed by atoms with Gasteiger partial charge in [0.1, 0.15) is 5.75 Å². The van der Waals surface area contributed by atoms with Crippen molar-refractivity contribution in [2.75, 3.05) is 18.6 Å². The van der Waals surface area contributed by atoms with E-state index in [0.29, 0.717) is 29.4 Å². The van der Waals surface area contributed by atoms with E-state index in [0.717, 1.165) is 0 Å². The number of hydrogen-bond acceptors (Lipinski definition) is 2. The number of nitrogens with zero attached hydrogens (tertiary/aromatic N) is 1. The summed E-state index contributed by atoms with van der Waals surface area (Å²) in [7, 11) is 1.57. The molecule has 0 radical (unpaired) electrons. The normalized spacial score (nSPS) is 19.2. The van der Waals surface area contributed by atoms with E-state index < -0.39 is 0 Å². The maximum absolute atomic E-state index is 11.8. The molecule has 1 unspecified atom stereocenters. The van der Waals surface area contributed by atoms with E-state index in [4.69, 9.17) is 22.8 Å². The van der Waals surface area contributed by atoms with E-state index in [1.807, 2.05) is 0 Å². The molecule has 4 heteroatoms. The molecule has 0 bridgehead atoms. The number of benzene rings is 1. The van der Waals surface area contributed by atoms with Crippen molar-refractivity contribution in [2.45, 2.75) is 6.42 Å².